The molecule has 0 atom stereocenters. The Balaban J connectivity index is 2.19. The number of aromatic nitrogens is 4. The molecule has 3 rings (SSSR count). The van der Waals surface area contributed by atoms with E-state index in [0.717, 1.165) is 10.1 Å². The molecule has 0 aliphatic rings. The van der Waals surface area contributed by atoms with E-state index in [0.29, 0.717) is 25.3 Å². The molecule has 0 saturated heterocycles. The summed E-state index contributed by atoms with van der Waals surface area (Å²) in [5.74, 6) is -0.305. The molecule has 0 aliphatic carbocycles. The van der Waals surface area contributed by atoms with Crippen molar-refractivity contribution in [2.75, 3.05) is 27.3 Å². The summed E-state index contributed by atoms with van der Waals surface area (Å²) < 4.78 is 9.20. The first-order chi connectivity index (χ1) is 14.0. The number of benzene rings is 1. The molecule has 0 unspecified atom stereocenters. The monoisotopic (exact) mass is 399 g/mol. The number of imidazole rings is 1. The third-order valence-electron chi connectivity index (χ3n) is 4.90. The second-order valence-electron chi connectivity index (χ2n) is 6.76. The maximum absolute atomic E-state index is 13.2. The second-order valence-corrected chi connectivity index (χ2v) is 6.76. The zero-order valence-corrected chi connectivity index (χ0v) is 16.9. The first-order valence-electron chi connectivity index (χ1n) is 9.43. The lowest BCUT2D eigenvalue weighted by Crippen LogP contribution is -2.44. The highest BCUT2D eigenvalue weighted by Gasteiger charge is 2.20. The summed E-state index contributed by atoms with van der Waals surface area (Å²) in [5, 5.41) is 0. The quantitative estimate of drug-likeness (QED) is 0.551. The fraction of sp³-hybridized carbons (Fsp3) is 0.400. The van der Waals surface area contributed by atoms with Gasteiger partial charge in [-0.3, -0.25) is 14.2 Å². The summed E-state index contributed by atoms with van der Waals surface area (Å²) in [5.41, 5.74) is 0.392. The van der Waals surface area contributed by atoms with Crippen molar-refractivity contribution in [1.82, 2.24) is 23.6 Å². The number of carbonyl (C=O) groups excluding carboxylic acids is 1. The largest absolute Gasteiger partial charge is 0.383 e. The van der Waals surface area contributed by atoms with Gasteiger partial charge in [0.2, 0.25) is 5.91 Å². The molecule has 29 heavy (non-hydrogen) atoms. The Morgan fingerprint density at radius 3 is 2.55 bits per heavy atom. The van der Waals surface area contributed by atoms with E-state index in [9.17, 15) is 14.4 Å². The maximum Gasteiger partial charge on any atom is 0.333 e. The lowest BCUT2D eigenvalue weighted by molar-refractivity contribution is -0.130. The molecule has 0 bridgehead atoms. The molecule has 9 heteroatoms. The van der Waals surface area contributed by atoms with Gasteiger partial charge in [-0.25, -0.2) is 14.3 Å². The number of ether oxygens (including phenoxy) is 1. The van der Waals surface area contributed by atoms with Gasteiger partial charge in [-0.05, 0) is 12.5 Å². The van der Waals surface area contributed by atoms with Crippen LogP contribution < -0.4 is 11.2 Å². The van der Waals surface area contributed by atoms with E-state index in [4.69, 9.17) is 4.74 Å². The fourth-order valence-corrected chi connectivity index (χ4v) is 3.08. The topological polar surface area (TPSA) is 91.4 Å². The highest BCUT2D eigenvalue weighted by molar-refractivity contribution is 5.76. The average molecular weight is 399 g/mol. The summed E-state index contributed by atoms with van der Waals surface area (Å²) in [6.07, 6.45) is 1.52. The number of hydrogen-bond donors (Lipinski definition) is 0. The van der Waals surface area contributed by atoms with E-state index in [1.807, 2.05) is 37.3 Å². The van der Waals surface area contributed by atoms with Crippen molar-refractivity contribution in [2.45, 2.75) is 26.6 Å². The second kappa shape index (κ2) is 8.87. The Morgan fingerprint density at radius 1 is 1.17 bits per heavy atom. The number of nitrogens with zero attached hydrogens (tertiary/aromatic N) is 5. The lowest BCUT2D eigenvalue weighted by atomic mass is 10.2. The van der Waals surface area contributed by atoms with Gasteiger partial charge in [0, 0.05) is 27.2 Å². The number of amides is 1. The Kier molecular flexibility index (Phi) is 6.28. The minimum Gasteiger partial charge on any atom is -0.383 e. The van der Waals surface area contributed by atoms with Crippen LogP contribution in [0.3, 0.4) is 0 Å². The van der Waals surface area contributed by atoms with Crippen molar-refractivity contribution in [3.63, 3.8) is 0 Å². The molecule has 0 radical (unpaired) electrons. The number of likely N-dealkylation sites (N-methyl/N-ethyl adjacent to an activating group) is 1. The maximum atomic E-state index is 13.2. The van der Waals surface area contributed by atoms with E-state index in [-0.39, 0.29) is 24.5 Å². The lowest BCUT2D eigenvalue weighted by Gasteiger charge is -2.16. The summed E-state index contributed by atoms with van der Waals surface area (Å²) >= 11 is 0. The van der Waals surface area contributed by atoms with Gasteiger partial charge in [0.15, 0.2) is 11.2 Å². The van der Waals surface area contributed by atoms with Crippen LogP contribution in [0.25, 0.3) is 11.2 Å². The van der Waals surface area contributed by atoms with E-state index in [1.54, 1.807) is 18.7 Å². The molecule has 2 heterocycles. The predicted molar refractivity (Wildman–Crippen MR) is 109 cm³/mol. The zero-order chi connectivity index (χ0) is 21.0. The summed E-state index contributed by atoms with van der Waals surface area (Å²) in [6.45, 7) is 3.05. The van der Waals surface area contributed by atoms with E-state index < -0.39 is 11.2 Å². The molecule has 3 aromatic rings. The van der Waals surface area contributed by atoms with Gasteiger partial charge < -0.3 is 14.2 Å². The van der Waals surface area contributed by atoms with Gasteiger partial charge in [0.1, 0.15) is 6.54 Å². The number of hydrogen-bond acceptors (Lipinski definition) is 5. The van der Waals surface area contributed by atoms with Gasteiger partial charge in [-0.1, -0.05) is 30.3 Å². The number of fused-ring (bicyclic) bond motifs is 1. The van der Waals surface area contributed by atoms with Crippen LogP contribution in [0.1, 0.15) is 12.5 Å². The van der Waals surface area contributed by atoms with Crippen LogP contribution in [0.5, 0.6) is 0 Å². The highest BCUT2D eigenvalue weighted by Crippen LogP contribution is 2.10. The highest BCUT2D eigenvalue weighted by atomic mass is 16.5. The molecule has 1 aromatic carbocycles. The van der Waals surface area contributed by atoms with E-state index >= 15 is 0 Å². The van der Waals surface area contributed by atoms with Crippen LogP contribution in [0, 0.1) is 0 Å². The van der Waals surface area contributed by atoms with Gasteiger partial charge in [-0.15, -0.1) is 0 Å². The third-order valence-corrected chi connectivity index (χ3v) is 4.90. The van der Waals surface area contributed by atoms with Crippen LogP contribution in [0.15, 0.2) is 46.2 Å². The molecular formula is C20H25N5O4. The molecule has 154 valence electrons. The molecule has 0 spiro atoms. The molecule has 1 amide bonds. The molecule has 2 aromatic heterocycles. The van der Waals surface area contributed by atoms with Crippen molar-refractivity contribution in [2.24, 2.45) is 0 Å². The Bertz CT molecular complexity index is 1110. The molecule has 0 fully saturated rings. The number of methoxy groups -OCH3 is 1. The average Bonchev–Trinajstić information content (AvgIpc) is 3.16. The minimum absolute atomic E-state index is 0.246. The van der Waals surface area contributed by atoms with Gasteiger partial charge in [-0.2, -0.15) is 0 Å². The summed E-state index contributed by atoms with van der Waals surface area (Å²) in [4.78, 5) is 44.5. The summed E-state index contributed by atoms with van der Waals surface area (Å²) in [6, 6.07) is 9.44. The molecule has 0 saturated carbocycles. The van der Waals surface area contributed by atoms with Gasteiger partial charge in [0.25, 0.3) is 5.56 Å². The number of rotatable bonds is 8. The number of carbonyl (C=O) groups is 1. The smallest absolute Gasteiger partial charge is 0.333 e. The standard InChI is InChI=1S/C20H25N5O4/c1-4-22(2)16(26)13-25-19(27)17-18(21-14-23(17)10-11-29-3)24(20(25)28)12-15-8-6-5-7-9-15/h5-9,14H,4,10-13H2,1-3H3. The Hall–Kier alpha value is -3.20. The van der Waals surface area contributed by atoms with Crippen molar-refractivity contribution in [3.05, 3.63) is 63.1 Å². The van der Waals surface area contributed by atoms with E-state index in [1.165, 1.54) is 15.8 Å². The SMILES string of the molecule is CCN(C)C(=O)Cn1c(=O)c2c(ncn2CCOC)n(Cc2ccccc2)c1=O. The van der Waals surface area contributed by atoms with E-state index in [2.05, 4.69) is 4.98 Å². The normalized spacial score (nSPS) is 11.1. The van der Waals surface area contributed by atoms with Crippen LogP contribution in [-0.4, -0.2) is 56.8 Å². The fourth-order valence-electron chi connectivity index (χ4n) is 3.08. The first-order valence-corrected chi connectivity index (χ1v) is 9.43. The van der Waals surface area contributed by atoms with Crippen molar-refractivity contribution in [1.29, 1.82) is 0 Å². The van der Waals surface area contributed by atoms with Crippen LogP contribution in [0.2, 0.25) is 0 Å². The Morgan fingerprint density at radius 2 is 1.90 bits per heavy atom. The third kappa shape index (κ3) is 4.14. The Labute approximate surface area is 167 Å². The van der Waals surface area contributed by atoms with Crippen LogP contribution >= 0.6 is 0 Å². The van der Waals surface area contributed by atoms with Crippen molar-refractivity contribution in [3.8, 4) is 0 Å². The van der Waals surface area contributed by atoms with Crippen LogP contribution in [-0.2, 0) is 29.2 Å². The molecule has 0 N–H and O–H groups in total. The molecule has 0 aliphatic heterocycles. The van der Waals surface area contributed by atoms with Crippen molar-refractivity contribution >= 4 is 17.1 Å². The van der Waals surface area contributed by atoms with Gasteiger partial charge >= 0.3 is 5.69 Å². The zero-order valence-electron chi connectivity index (χ0n) is 16.9. The predicted octanol–water partition coefficient (Wildman–Crippen LogP) is 0.533. The summed E-state index contributed by atoms with van der Waals surface area (Å²) in [7, 11) is 3.21. The first kappa shape index (κ1) is 20.5. The van der Waals surface area contributed by atoms with Gasteiger partial charge in [0.05, 0.1) is 19.5 Å². The minimum atomic E-state index is -0.554. The van der Waals surface area contributed by atoms with Crippen molar-refractivity contribution < 1.29 is 9.53 Å². The molecular weight excluding hydrogens is 374 g/mol. The molecule has 9 nitrogen and oxygen atoms in total. The van der Waals surface area contributed by atoms with Crippen LogP contribution in [0.4, 0.5) is 0 Å².